The van der Waals surface area contributed by atoms with Gasteiger partial charge in [0.1, 0.15) is 5.75 Å². The summed E-state index contributed by atoms with van der Waals surface area (Å²) in [6.07, 6.45) is 1.96. The number of benzene rings is 1. The lowest BCUT2D eigenvalue weighted by Crippen LogP contribution is -2.29. The summed E-state index contributed by atoms with van der Waals surface area (Å²) in [7, 11) is 0. The summed E-state index contributed by atoms with van der Waals surface area (Å²) in [5, 5.41) is 23.3. The number of urea groups is 1. The van der Waals surface area contributed by atoms with Crippen LogP contribution in [0.1, 0.15) is 18.9 Å². The molecular formula is C14H18N2O4. The highest BCUT2D eigenvalue weighted by atomic mass is 16.4. The van der Waals surface area contributed by atoms with Gasteiger partial charge in [-0.25, -0.2) is 9.59 Å². The van der Waals surface area contributed by atoms with Gasteiger partial charge in [-0.1, -0.05) is 12.1 Å². The third-order valence-corrected chi connectivity index (χ3v) is 2.62. The predicted octanol–water partition coefficient (Wildman–Crippen LogP) is 2.24. The van der Waals surface area contributed by atoms with Crippen molar-refractivity contribution in [1.82, 2.24) is 5.32 Å². The van der Waals surface area contributed by atoms with E-state index in [1.54, 1.807) is 12.1 Å². The number of aliphatic carboxylic acids is 1. The van der Waals surface area contributed by atoms with Gasteiger partial charge in [0, 0.05) is 12.1 Å². The number of phenols is 1. The van der Waals surface area contributed by atoms with Crippen molar-refractivity contribution in [3.8, 4) is 5.75 Å². The van der Waals surface area contributed by atoms with Crippen molar-refractivity contribution in [2.45, 2.75) is 20.3 Å². The zero-order valence-electron chi connectivity index (χ0n) is 11.4. The minimum absolute atomic E-state index is 0.00707. The van der Waals surface area contributed by atoms with Crippen molar-refractivity contribution >= 4 is 17.7 Å². The van der Waals surface area contributed by atoms with Gasteiger partial charge in [0.25, 0.3) is 0 Å². The second-order valence-corrected chi connectivity index (χ2v) is 4.38. The van der Waals surface area contributed by atoms with Gasteiger partial charge in [0.05, 0.1) is 5.69 Å². The number of hydrogen-bond donors (Lipinski definition) is 4. The fraction of sp³-hybridized carbons (Fsp3) is 0.286. The molecule has 108 valence electrons. The van der Waals surface area contributed by atoms with Crippen molar-refractivity contribution in [1.29, 1.82) is 0 Å². The van der Waals surface area contributed by atoms with Crippen LogP contribution in [-0.4, -0.2) is 28.8 Å². The van der Waals surface area contributed by atoms with E-state index in [4.69, 9.17) is 5.11 Å². The highest BCUT2D eigenvalue weighted by molar-refractivity contribution is 5.91. The highest BCUT2D eigenvalue weighted by Crippen LogP contribution is 2.23. The van der Waals surface area contributed by atoms with Crippen LogP contribution in [0.15, 0.2) is 29.8 Å². The number of carbonyl (C=O) groups is 2. The molecule has 0 fully saturated rings. The van der Waals surface area contributed by atoms with E-state index in [1.807, 2.05) is 6.92 Å². The normalized spacial score (nSPS) is 11.0. The molecule has 0 spiro atoms. The van der Waals surface area contributed by atoms with Crippen LogP contribution >= 0.6 is 0 Å². The molecule has 6 heteroatoms. The minimum Gasteiger partial charge on any atom is -0.506 e. The number of hydrogen-bond acceptors (Lipinski definition) is 3. The molecule has 0 unspecified atom stereocenters. The van der Waals surface area contributed by atoms with Crippen molar-refractivity contribution in [3.05, 3.63) is 35.4 Å². The molecule has 6 nitrogen and oxygen atoms in total. The smallest absolute Gasteiger partial charge is 0.330 e. The summed E-state index contributed by atoms with van der Waals surface area (Å²) in [5.74, 6) is -0.980. The molecule has 0 saturated heterocycles. The average Bonchev–Trinajstić information content (AvgIpc) is 2.38. The molecule has 1 rings (SSSR count). The van der Waals surface area contributed by atoms with Crippen LogP contribution in [0, 0.1) is 6.92 Å². The molecule has 20 heavy (non-hydrogen) atoms. The maximum absolute atomic E-state index is 11.6. The van der Waals surface area contributed by atoms with Gasteiger partial charge in [-0.2, -0.15) is 0 Å². The van der Waals surface area contributed by atoms with Gasteiger partial charge in [0.15, 0.2) is 0 Å². The highest BCUT2D eigenvalue weighted by Gasteiger charge is 2.05. The SMILES string of the molecule is CC(=CCCNC(=O)Nc1cc(C)ccc1O)C(=O)O. The van der Waals surface area contributed by atoms with E-state index in [1.165, 1.54) is 19.1 Å². The van der Waals surface area contributed by atoms with Gasteiger partial charge in [0.2, 0.25) is 0 Å². The minimum atomic E-state index is -0.973. The predicted molar refractivity (Wildman–Crippen MR) is 75.9 cm³/mol. The largest absolute Gasteiger partial charge is 0.506 e. The van der Waals surface area contributed by atoms with E-state index in [0.29, 0.717) is 18.7 Å². The number of aromatic hydroxyl groups is 1. The van der Waals surface area contributed by atoms with E-state index in [0.717, 1.165) is 5.56 Å². The number of anilines is 1. The van der Waals surface area contributed by atoms with Crippen LogP contribution in [0.2, 0.25) is 0 Å². The third kappa shape index (κ3) is 5.01. The van der Waals surface area contributed by atoms with Crippen LogP contribution in [0.25, 0.3) is 0 Å². The molecule has 2 amide bonds. The number of carboxylic acids is 1. The Bertz CT molecular complexity index is 538. The Morgan fingerprint density at radius 2 is 2.05 bits per heavy atom. The lowest BCUT2D eigenvalue weighted by molar-refractivity contribution is -0.132. The summed E-state index contributed by atoms with van der Waals surface area (Å²) in [4.78, 5) is 22.1. The number of amides is 2. The summed E-state index contributed by atoms with van der Waals surface area (Å²) >= 11 is 0. The Hall–Kier alpha value is -2.50. The van der Waals surface area contributed by atoms with Crippen molar-refractivity contribution < 1.29 is 19.8 Å². The van der Waals surface area contributed by atoms with E-state index >= 15 is 0 Å². The quantitative estimate of drug-likeness (QED) is 0.377. The second-order valence-electron chi connectivity index (χ2n) is 4.38. The number of carbonyl (C=O) groups excluding carboxylic acids is 1. The molecular weight excluding hydrogens is 260 g/mol. The van der Waals surface area contributed by atoms with Crippen molar-refractivity contribution in [3.63, 3.8) is 0 Å². The Morgan fingerprint density at radius 1 is 1.35 bits per heavy atom. The van der Waals surface area contributed by atoms with Gasteiger partial charge < -0.3 is 20.8 Å². The number of aryl methyl sites for hydroxylation is 1. The first-order chi connectivity index (χ1) is 9.40. The lowest BCUT2D eigenvalue weighted by atomic mass is 10.2. The van der Waals surface area contributed by atoms with Gasteiger partial charge >= 0.3 is 12.0 Å². The van der Waals surface area contributed by atoms with Crippen LogP contribution < -0.4 is 10.6 Å². The van der Waals surface area contributed by atoms with Crippen LogP contribution in [0.3, 0.4) is 0 Å². The molecule has 1 aromatic rings. The van der Waals surface area contributed by atoms with Crippen LogP contribution in [-0.2, 0) is 4.79 Å². The molecule has 0 radical (unpaired) electrons. The van der Waals surface area contributed by atoms with E-state index in [2.05, 4.69) is 10.6 Å². The van der Waals surface area contributed by atoms with Crippen molar-refractivity contribution in [2.24, 2.45) is 0 Å². The molecule has 0 aliphatic heterocycles. The molecule has 0 atom stereocenters. The Morgan fingerprint density at radius 3 is 2.70 bits per heavy atom. The molecule has 0 aliphatic carbocycles. The van der Waals surface area contributed by atoms with E-state index < -0.39 is 12.0 Å². The topological polar surface area (TPSA) is 98.7 Å². The molecule has 0 bridgehead atoms. The summed E-state index contributed by atoms with van der Waals surface area (Å²) in [6, 6.07) is 4.44. The van der Waals surface area contributed by atoms with Crippen LogP contribution in [0.5, 0.6) is 5.75 Å². The van der Waals surface area contributed by atoms with Crippen molar-refractivity contribution in [2.75, 3.05) is 11.9 Å². The summed E-state index contributed by atoms with van der Waals surface area (Å²) in [6.45, 7) is 3.65. The summed E-state index contributed by atoms with van der Waals surface area (Å²) < 4.78 is 0. The number of rotatable bonds is 5. The third-order valence-electron chi connectivity index (χ3n) is 2.62. The number of carboxylic acid groups (broad SMARTS) is 1. The van der Waals surface area contributed by atoms with E-state index in [-0.39, 0.29) is 11.3 Å². The zero-order valence-corrected chi connectivity index (χ0v) is 11.4. The average molecular weight is 278 g/mol. The van der Waals surface area contributed by atoms with Gasteiger partial charge in [-0.05, 0) is 38.0 Å². The maximum Gasteiger partial charge on any atom is 0.330 e. The van der Waals surface area contributed by atoms with Gasteiger partial charge in [-0.3, -0.25) is 0 Å². The monoisotopic (exact) mass is 278 g/mol. The number of nitrogens with one attached hydrogen (secondary N) is 2. The first-order valence-electron chi connectivity index (χ1n) is 6.14. The molecule has 1 aromatic carbocycles. The first kappa shape index (κ1) is 15.6. The first-order valence-corrected chi connectivity index (χ1v) is 6.14. The molecule has 0 saturated carbocycles. The number of phenolic OH excluding ortho intramolecular Hbond substituents is 1. The standard InChI is InChI=1S/C14H18N2O4/c1-9-5-6-12(17)11(8-9)16-14(20)15-7-3-4-10(2)13(18)19/h4-6,8,17H,3,7H2,1-2H3,(H,18,19)(H2,15,16,20). The second kappa shape index (κ2) is 7.18. The lowest BCUT2D eigenvalue weighted by Gasteiger charge is -2.09. The molecule has 0 aliphatic rings. The summed E-state index contributed by atoms with van der Waals surface area (Å²) in [5.41, 5.74) is 1.49. The van der Waals surface area contributed by atoms with E-state index in [9.17, 15) is 14.7 Å². The fourth-order valence-corrected chi connectivity index (χ4v) is 1.48. The maximum atomic E-state index is 11.6. The fourth-order valence-electron chi connectivity index (χ4n) is 1.48. The Kier molecular flexibility index (Phi) is 5.58. The Labute approximate surface area is 117 Å². The molecule has 4 N–H and O–H groups in total. The Balaban J connectivity index is 2.43. The van der Waals surface area contributed by atoms with Gasteiger partial charge in [-0.15, -0.1) is 0 Å². The van der Waals surface area contributed by atoms with Crippen LogP contribution in [0.4, 0.5) is 10.5 Å². The molecule has 0 heterocycles. The zero-order chi connectivity index (χ0) is 15.1. The molecule has 0 aromatic heterocycles.